The second kappa shape index (κ2) is 11.0. The average Bonchev–Trinajstić information content (AvgIpc) is 3.20. The van der Waals surface area contributed by atoms with E-state index in [1.165, 1.54) is 5.56 Å². The second-order valence-electron chi connectivity index (χ2n) is 7.89. The van der Waals surface area contributed by atoms with Gasteiger partial charge in [-0.25, -0.2) is 0 Å². The highest BCUT2D eigenvalue weighted by molar-refractivity contribution is 5.80. The highest BCUT2D eigenvalue weighted by Gasteiger charge is 2.20. The van der Waals surface area contributed by atoms with E-state index in [0.717, 1.165) is 50.8 Å². The van der Waals surface area contributed by atoms with E-state index in [9.17, 15) is 0 Å². The summed E-state index contributed by atoms with van der Waals surface area (Å²) in [6.07, 6.45) is 2.91. The molecule has 3 rings (SSSR count). The van der Waals surface area contributed by atoms with Crippen LogP contribution in [-0.4, -0.2) is 53.2 Å². The third-order valence-corrected chi connectivity index (χ3v) is 5.12. The maximum Gasteiger partial charge on any atom is 0.228 e. The van der Waals surface area contributed by atoms with E-state index in [0.29, 0.717) is 24.9 Å². The molecule has 1 aromatic heterocycles. The van der Waals surface area contributed by atoms with E-state index in [2.05, 4.69) is 76.8 Å². The predicted molar refractivity (Wildman–Crippen MR) is 116 cm³/mol. The van der Waals surface area contributed by atoms with Crippen LogP contribution in [0.15, 0.2) is 39.8 Å². The maximum absolute atomic E-state index is 5.30. The number of aromatic nitrogens is 2. The number of hydrogen-bond donors (Lipinski definition) is 2. The van der Waals surface area contributed by atoms with Crippen molar-refractivity contribution >= 4 is 5.96 Å². The number of benzene rings is 1. The molecular formula is C22H34N6O. The molecule has 1 aliphatic rings. The first kappa shape index (κ1) is 21.3. The number of piperidine rings is 1. The van der Waals surface area contributed by atoms with E-state index in [1.807, 2.05) is 0 Å². The number of nitrogens with zero attached hydrogens (tertiary/aromatic N) is 4. The molecule has 1 aromatic carbocycles. The van der Waals surface area contributed by atoms with Gasteiger partial charge in [0.1, 0.15) is 0 Å². The van der Waals surface area contributed by atoms with Crippen LogP contribution in [0.4, 0.5) is 0 Å². The molecule has 7 heteroatoms. The molecule has 1 saturated heterocycles. The molecule has 0 bridgehead atoms. The van der Waals surface area contributed by atoms with Crippen molar-refractivity contribution in [1.29, 1.82) is 0 Å². The van der Waals surface area contributed by atoms with Gasteiger partial charge in [0.05, 0.1) is 6.54 Å². The van der Waals surface area contributed by atoms with Gasteiger partial charge in [0.2, 0.25) is 5.89 Å². The molecule has 0 radical (unpaired) electrons. The third kappa shape index (κ3) is 6.85. The Bertz CT molecular complexity index is 750. The Morgan fingerprint density at radius 2 is 2.00 bits per heavy atom. The van der Waals surface area contributed by atoms with Gasteiger partial charge in [-0.05, 0) is 25.3 Å². The van der Waals surface area contributed by atoms with Crippen LogP contribution in [0.2, 0.25) is 0 Å². The largest absolute Gasteiger partial charge is 0.357 e. The van der Waals surface area contributed by atoms with Gasteiger partial charge >= 0.3 is 0 Å². The summed E-state index contributed by atoms with van der Waals surface area (Å²) in [5.41, 5.74) is 1.38. The van der Waals surface area contributed by atoms with E-state index < -0.39 is 0 Å². The zero-order valence-electron chi connectivity index (χ0n) is 17.9. The molecule has 0 aliphatic carbocycles. The molecule has 29 heavy (non-hydrogen) atoms. The number of nitrogens with one attached hydrogen (secondary N) is 2. The summed E-state index contributed by atoms with van der Waals surface area (Å²) < 4.78 is 5.30. The van der Waals surface area contributed by atoms with Crippen LogP contribution in [0.1, 0.15) is 56.8 Å². The second-order valence-corrected chi connectivity index (χ2v) is 7.89. The minimum Gasteiger partial charge on any atom is -0.357 e. The number of likely N-dealkylation sites (tertiary alicyclic amines) is 1. The average molecular weight is 399 g/mol. The molecule has 0 unspecified atom stereocenters. The number of guanidine groups is 1. The van der Waals surface area contributed by atoms with Gasteiger partial charge < -0.3 is 15.2 Å². The normalized spacial score (nSPS) is 16.3. The molecule has 1 fully saturated rings. The summed E-state index contributed by atoms with van der Waals surface area (Å²) in [5, 5.41) is 11.0. The lowest BCUT2D eigenvalue weighted by Crippen LogP contribution is -2.48. The summed E-state index contributed by atoms with van der Waals surface area (Å²) in [4.78, 5) is 11.6. The fourth-order valence-electron chi connectivity index (χ4n) is 3.46. The van der Waals surface area contributed by atoms with Crippen molar-refractivity contribution in [3.63, 3.8) is 0 Å². The highest BCUT2D eigenvalue weighted by atomic mass is 16.5. The first-order valence-electron chi connectivity index (χ1n) is 10.8. The lowest BCUT2D eigenvalue weighted by molar-refractivity contribution is 0.198. The molecular weight excluding hydrogens is 364 g/mol. The molecule has 2 heterocycles. The Morgan fingerprint density at radius 1 is 1.24 bits per heavy atom. The Morgan fingerprint density at radius 3 is 2.66 bits per heavy atom. The van der Waals surface area contributed by atoms with Gasteiger partial charge in [-0.3, -0.25) is 9.89 Å². The topological polar surface area (TPSA) is 78.6 Å². The fourth-order valence-corrected chi connectivity index (χ4v) is 3.46. The van der Waals surface area contributed by atoms with Crippen LogP contribution in [0, 0.1) is 0 Å². The minimum atomic E-state index is 0.280. The number of rotatable bonds is 8. The molecule has 0 atom stereocenters. The van der Waals surface area contributed by atoms with Gasteiger partial charge in [0.15, 0.2) is 11.8 Å². The van der Waals surface area contributed by atoms with Crippen LogP contribution in [0.3, 0.4) is 0 Å². The van der Waals surface area contributed by atoms with Gasteiger partial charge in [-0.15, -0.1) is 0 Å². The van der Waals surface area contributed by atoms with Crippen molar-refractivity contribution in [2.75, 3.05) is 26.2 Å². The van der Waals surface area contributed by atoms with E-state index in [4.69, 9.17) is 9.52 Å². The molecule has 0 saturated carbocycles. The highest BCUT2D eigenvalue weighted by Crippen LogP contribution is 2.14. The first-order chi connectivity index (χ1) is 14.1. The summed E-state index contributed by atoms with van der Waals surface area (Å²) in [5.74, 6) is 2.57. The van der Waals surface area contributed by atoms with Crippen molar-refractivity contribution in [1.82, 2.24) is 25.7 Å². The smallest absolute Gasteiger partial charge is 0.228 e. The van der Waals surface area contributed by atoms with Crippen molar-refractivity contribution in [3.8, 4) is 0 Å². The lowest BCUT2D eigenvalue weighted by Gasteiger charge is -2.33. The Balaban J connectivity index is 1.44. The van der Waals surface area contributed by atoms with Gasteiger partial charge in [0, 0.05) is 44.6 Å². The van der Waals surface area contributed by atoms with Crippen molar-refractivity contribution < 1.29 is 4.52 Å². The Hall–Kier alpha value is -2.41. The molecule has 2 N–H and O–H groups in total. The van der Waals surface area contributed by atoms with Gasteiger partial charge in [-0.1, -0.05) is 49.3 Å². The fraction of sp³-hybridized carbons (Fsp3) is 0.591. The predicted octanol–water partition coefficient (Wildman–Crippen LogP) is 2.96. The van der Waals surface area contributed by atoms with Gasteiger partial charge in [-0.2, -0.15) is 4.98 Å². The van der Waals surface area contributed by atoms with Crippen LogP contribution >= 0.6 is 0 Å². The molecule has 1 aliphatic heterocycles. The Kier molecular flexibility index (Phi) is 8.04. The maximum atomic E-state index is 5.30. The lowest BCUT2D eigenvalue weighted by atomic mass is 10.0. The first-order valence-corrected chi connectivity index (χ1v) is 10.8. The van der Waals surface area contributed by atoms with Crippen LogP contribution in [0.25, 0.3) is 0 Å². The van der Waals surface area contributed by atoms with Gasteiger partial charge in [0.25, 0.3) is 0 Å². The molecule has 2 aromatic rings. The number of aliphatic imine (C=N–C) groups is 1. The van der Waals surface area contributed by atoms with E-state index in [-0.39, 0.29) is 5.92 Å². The zero-order chi connectivity index (χ0) is 20.5. The molecule has 158 valence electrons. The zero-order valence-corrected chi connectivity index (χ0v) is 17.9. The standard InChI is InChI=1S/C22H34N6O/c1-4-23-22(24-13-10-20-26-21(17(2)3)27-29-20)25-19-11-14-28(15-12-19)16-18-8-6-5-7-9-18/h5-9,17,19H,4,10-16H2,1-3H3,(H2,23,24,25). The Labute approximate surface area is 174 Å². The minimum absolute atomic E-state index is 0.280. The molecule has 0 amide bonds. The summed E-state index contributed by atoms with van der Waals surface area (Å²) in [6.45, 7) is 10.9. The summed E-state index contributed by atoms with van der Waals surface area (Å²) in [6, 6.07) is 11.2. The summed E-state index contributed by atoms with van der Waals surface area (Å²) >= 11 is 0. The quantitative estimate of drug-likeness (QED) is 0.526. The third-order valence-electron chi connectivity index (χ3n) is 5.12. The number of hydrogen-bond acceptors (Lipinski definition) is 5. The van der Waals surface area contributed by atoms with Crippen LogP contribution < -0.4 is 10.6 Å². The molecule has 0 spiro atoms. The van der Waals surface area contributed by atoms with E-state index >= 15 is 0 Å². The van der Waals surface area contributed by atoms with Crippen molar-refractivity contribution in [3.05, 3.63) is 47.6 Å². The van der Waals surface area contributed by atoms with Crippen LogP contribution in [-0.2, 0) is 13.0 Å². The molecule has 7 nitrogen and oxygen atoms in total. The van der Waals surface area contributed by atoms with E-state index in [1.54, 1.807) is 0 Å². The van der Waals surface area contributed by atoms with Crippen molar-refractivity contribution in [2.24, 2.45) is 4.99 Å². The van der Waals surface area contributed by atoms with Crippen molar-refractivity contribution in [2.45, 2.75) is 58.5 Å². The van der Waals surface area contributed by atoms with Crippen LogP contribution in [0.5, 0.6) is 0 Å². The summed E-state index contributed by atoms with van der Waals surface area (Å²) in [7, 11) is 0. The monoisotopic (exact) mass is 398 g/mol. The SMILES string of the molecule is CCNC(=NCCc1nc(C(C)C)no1)NC1CCN(Cc2ccccc2)CC1.